The summed E-state index contributed by atoms with van der Waals surface area (Å²) in [5.41, 5.74) is 0.186. The van der Waals surface area contributed by atoms with Crippen LogP contribution < -0.4 is 5.32 Å². The molecular weight excluding hydrogens is 417 g/mol. The van der Waals surface area contributed by atoms with E-state index in [2.05, 4.69) is 31.0 Å². The predicted octanol–water partition coefficient (Wildman–Crippen LogP) is 2.74. The summed E-state index contributed by atoms with van der Waals surface area (Å²) in [7, 11) is 1.79. The van der Waals surface area contributed by atoms with Gasteiger partial charge in [0.2, 0.25) is 0 Å². The van der Waals surface area contributed by atoms with Crippen molar-refractivity contribution >= 4 is 29.9 Å². The first-order valence-corrected chi connectivity index (χ1v) is 9.24. The van der Waals surface area contributed by atoms with Gasteiger partial charge in [0, 0.05) is 56.6 Å². The van der Waals surface area contributed by atoms with Gasteiger partial charge in [-0.2, -0.15) is 0 Å². The summed E-state index contributed by atoms with van der Waals surface area (Å²) in [4.78, 5) is 7.19. The molecule has 1 aliphatic carbocycles. The molecule has 0 aromatic rings. The number of guanidine groups is 1. The van der Waals surface area contributed by atoms with Crippen LogP contribution in [0.2, 0.25) is 0 Å². The van der Waals surface area contributed by atoms with E-state index in [4.69, 9.17) is 14.5 Å². The maximum atomic E-state index is 6.03. The number of ether oxygens (including phenoxy) is 2. The summed E-state index contributed by atoms with van der Waals surface area (Å²) < 4.78 is 11.4. The number of methoxy groups -OCH3 is 1. The van der Waals surface area contributed by atoms with Crippen LogP contribution in [-0.4, -0.2) is 63.0 Å². The molecule has 24 heavy (non-hydrogen) atoms. The molecule has 2 heterocycles. The van der Waals surface area contributed by atoms with Crippen molar-refractivity contribution in [3.05, 3.63) is 0 Å². The summed E-state index contributed by atoms with van der Waals surface area (Å²) in [5.74, 6) is 2.36. The molecule has 4 unspecified atom stereocenters. The predicted molar refractivity (Wildman–Crippen MR) is 108 cm³/mol. The quantitative estimate of drug-likeness (QED) is 0.406. The Balaban J connectivity index is 0.00000208. The van der Waals surface area contributed by atoms with Gasteiger partial charge in [-0.1, -0.05) is 13.8 Å². The standard InChI is InChI=1S/C18H33N3O2.HI/c1-5-19-17(21-9-8-13(11-21)12-22-4)20-15-14-7-6-10-23-16(14)18(15,2)3;/h13-16H,5-12H2,1-4H3,(H,19,20);1H. The van der Waals surface area contributed by atoms with Crippen LogP contribution in [0.5, 0.6) is 0 Å². The molecule has 1 saturated carbocycles. The first kappa shape index (κ1) is 20.2. The molecular formula is C18H34IN3O2. The van der Waals surface area contributed by atoms with Crippen molar-refractivity contribution in [2.75, 3.05) is 40.0 Å². The number of halogens is 1. The lowest BCUT2D eigenvalue weighted by Crippen LogP contribution is -2.71. The van der Waals surface area contributed by atoms with Crippen molar-refractivity contribution < 1.29 is 9.47 Å². The van der Waals surface area contributed by atoms with Crippen molar-refractivity contribution in [3.63, 3.8) is 0 Å². The van der Waals surface area contributed by atoms with Gasteiger partial charge in [0.1, 0.15) is 0 Å². The number of likely N-dealkylation sites (tertiary alicyclic amines) is 1. The molecule has 0 aromatic heterocycles. The third kappa shape index (κ3) is 3.85. The third-order valence-electron chi connectivity index (χ3n) is 5.91. The van der Waals surface area contributed by atoms with Gasteiger partial charge in [-0.05, 0) is 26.2 Å². The van der Waals surface area contributed by atoms with Crippen LogP contribution in [0.3, 0.4) is 0 Å². The molecule has 0 amide bonds. The molecule has 0 aromatic carbocycles. The summed E-state index contributed by atoms with van der Waals surface area (Å²) >= 11 is 0. The molecule has 4 atom stereocenters. The monoisotopic (exact) mass is 451 g/mol. The van der Waals surface area contributed by atoms with E-state index in [9.17, 15) is 0 Å². The van der Waals surface area contributed by atoms with E-state index in [1.54, 1.807) is 7.11 Å². The Hall–Kier alpha value is -0.0800. The molecule has 0 spiro atoms. The molecule has 6 heteroatoms. The molecule has 140 valence electrons. The number of hydrogen-bond donors (Lipinski definition) is 1. The van der Waals surface area contributed by atoms with Gasteiger partial charge in [0.15, 0.2) is 5.96 Å². The lowest BCUT2D eigenvalue weighted by atomic mass is 9.55. The zero-order valence-corrected chi connectivity index (χ0v) is 17.9. The van der Waals surface area contributed by atoms with Crippen LogP contribution in [0.15, 0.2) is 4.99 Å². The van der Waals surface area contributed by atoms with Crippen molar-refractivity contribution in [2.24, 2.45) is 22.2 Å². The van der Waals surface area contributed by atoms with E-state index >= 15 is 0 Å². The second-order valence-electron chi connectivity index (χ2n) is 7.89. The highest BCUT2D eigenvalue weighted by Crippen LogP contribution is 2.51. The third-order valence-corrected chi connectivity index (χ3v) is 5.91. The Bertz CT molecular complexity index is 444. The second-order valence-corrected chi connectivity index (χ2v) is 7.89. The minimum absolute atomic E-state index is 0. The molecule has 3 rings (SSSR count). The van der Waals surface area contributed by atoms with Gasteiger partial charge >= 0.3 is 0 Å². The number of aliphatic imine (C=N–C) groups is 1. The van der Waals surface area contributed by atoms with E-state index in [0.717, 1.165) is 38.8 Å². The molecule has 1 N–H and O–H groups in total. The lowest BCUT2D eigenvalue weighted by Gasteiger charge is -2.60. The SMILES string of the molecule is CCN=C(NC1C2CCCOC2C1(C)C)N1CCC(COC)C1.I. The molecule has 2 saturated heterocycles. The first-order valence-electron chi connectivity index (χ1n) is 9.24. The highest BCUT2D eigenvalue weighted by Gasteiger charge is 2.58. The van der Waals surface area contributed by atoms with Gasteiger partial charge < -0.3 is 19.7 Å². The van der Waals surface area contributed by atoms with Gasteiger partial charge in [-0.15, -0.1) is 24.0 Å². The summed E-state index contributed by atoms with van der Waals surface area (Å²) in [6, 6.07) is 0.472. The molecule has 0 bridgehead atoms. The Morgan fingerprint density at radius 1 is 1.38 bits per heavy atom. The van der Waals surface area contributed by atoms with E-state index < -0.39 is 0 Å². The molecule has 5 nitrogen and oxygen atoms in total. The normalized spacial score (nSPS) is 35.0. The minimum atomic E-state index is 0. The Morgan fingerprint density at radius 3 is 2.88 bits per heavy atom. The van der Waals surface area contributed by atoms with Crippen LogP contribution in [-0.2, 0) is 9.47 Å². The van der Waals surface area contributed by atoms with Crippen LogP contribution in [0.4, 0.5) is 0 Å². The maximum Gasteiger partial charge on any atom is 0.194 e. The van der Waals surface area contributed by atoms with E-state index in [-0.39, 0.29) is 29.4 Å². The molecule has 2 aliphatic heterocycles. The van der Waals surface area contributed by atoms with Crippen LogP contribution >= 0.6 is 24.0 Å². The van der Waals surface area contributed by atoms with Crippen LogP contribution in [0.1, 0.15) is 40.0 Å². The first-order chi connectivity index (χ1) is 11.1. The van der Waals surface area contributed by atoms with Crippen molar-refractivity contribution in [2.45, 2.75) is 52.2 Å². The highest BCUT2D eigenvalue weighted by atomic mass is 127. The smallest absolute Gasteiger partial charge is 0.194 e. The average molecular weight is 451 g/mol. The van der Waals surface area contributed by atoms with Gasteiger partial charge in [-0.3, -0.25) is 4.99 Å². The van der Waals surface area contributed by atoms with Gasteiger partial charge in [0.25, 0.3) is 0 Å². The fourth-order valence-electron chi connectivity index (χ4n) is 4.74. The Morgan fingerprint density at radius 2 is 2.17 bits per heavy atom. The summed E-state index contributed by atoms with van der Waals surface area (Å²) in [6.45, 7) is 11.5. The van der Waals surface area contributed by atoms with Crippen molar-refractivity contribution in [1.82, 2.24) is 10.2 Å². The fourth-order valence-corrected chi connectivity index (χ4v) is 4.74. The van der Waals surface area contributed by atoms with Crippen LogP contribution in [0, 0.1) is 17.3 Å². The number of fused-ring (bicyclic) bond motifs is 1. The highest BCUT2D eigenvalue weighted by molar-refractivity contribution is 14.0. The number of rotatable bonds is 4. The maximum absolute atomic E-state index is 6.03. The Labute approximate surface area is 164 Å². The van der Waals surface area contributed by atoms with E-state index in [1.807, 2.05) is 0 Å². The summed E-state index contributed by atoms with van der Waals surface area (Å²) in [5, 5.41) is 3.80. The van der Waals surface area contributed by atoms with Crippen molar-refractivity contribution in [3.8, 4) is 0 Å². The van der Waals surface area contributed by atoms with Gasteiger partial charge in [0.05, 0.1) is 12.7 Å². The molecule has 0 radical (unpaired) electrons. The number of nitrogens with one attached hydrogen (secondary N) is 1. The van der Waals surface area contributed by atoms with E-state index in [1.165, 1.54) is 19.3 Å². The fraction of sp³-hybridized carbons (Fsp3) is 0.944. The topological polar surface area (TPSA) is 46.1 Å². The minimum Gasteiger partial charge on any atom is -0.384 e. The lowest BCUT2D eigenvalue weighted by molar-refractivity contribution is -0.188. The zero-order valence-electron chi connectivity index (χ0n) is 15.6. The van der Waals surface area contributed by atoms with Gasteiger partial charge in [-0.25, -0.2) is 0 Å². The number of nitrogens with zero attached hydrogens (tertiary/aromatic N) is 2. The molecule has 3 aliphatic rings. The average Bonchev–Trinajstić information content (AvgIpc) is 3.00. The number of hydrogen-bond acceptors (Lipinski definition) is 3. The van der Waals surface area contributed by atoms with E-state index in [0.29, 0.717) is 24.0 Å². The Kier molecular flexibility index (Phi) is 7.20. The summed E-state index contributed by atoms with van der Waals surface area (Å²) in [6.07, 6.45) is 4.07. The van der Waals surface area contributed by atoms with Crippen LogP contribution in [0.25, 0.3) is 0 Å². The second kappa shape index (κ2) is 8.54. The largest absolute Gasteiger partial charge is 0.384 e. The van der Waals surface area contributed by atoms with Crippen molar-refractivity contribution in [1.29, 1.82) is 0 Å². The zero-order chi connectivity index (χ0) is 16.4. The molecule has 3 fully saturated rings.